The van der Waals surface area contributed by atoms with Gasteiger partial charge in [0.25, 0.3) is 0 Å². The zero-order valence-corrected chi connectivity index (χ0v) is 15.6. The van der Waals surface area contributed by atoms with Crippen molar-refractivity contribution in [1.29, 1.82) is 0 Å². The minimum Gasteiger partial charge on any atom is -0.489 e. The topological polar surface area (TPSA) is 21.3 Å². The highest BCUT2D eigenvalue weighted by Crippen LogP contribution is 2.19. The van der Waals surface area contributed by atoms with Crippen molar-refractivity contribution in [2.24, 2.45) is 0 Å². The largest absolute Gasteiger partial charge is 0.489 e. The lowest BCUT2D eigenvalue weighted by atomic mass is 9.96. The molecular weight excluding hydrogens is 330 g/mol. The van der Waals surface area contributed by atoms with Gasteiger partial charge in [0.1, 0.15) is 12.4 Å². The molecule has 25 heavy (non-hydrogen) atoms. The van der Waals surface area contributed by atoms with Gasteiger partial charge in [0.2, 0.25) is 0 Å². The van der Waals surface area contributed by atoms with Gasteiger partial charge >= 0.3 is 0 Å². The van der Waals surface area contributed by atoms with E-state index in [0.717, 1.165) is 22.9 Å². The normalized spacial score (nSPS) is 16.2. The number of halogens is 1. The third-order valence-corrected chi connectivity index (χ3v) is 5.13. The molecule has 0 amide bonds. The lowest BCUT2D eigenvalue weighted by Crippen LogP contribution is -2.29. The van der Waals surface area contributed by atoms with Crippen molar-refractivity contribution in [3.8, 4) is 5.75 Å². The van der Waals surface area contributed by atoms with Crippen molar-refractivity contribution in [3.63, 3.8) is 0 Å². The average molecular weight is 358 g/mol. The third kappa shape index (κ3) is 6.37. The van der Waals surface area contributed by atoms with Crippen LogP contribution in [0.3, 0.4) is 0 Å². The number of hydrogen-bond donors (Lipinski definition) is 1. The zero-order chi connectivity index (χ0) is 17.3. The van der Waals surface area contributed by atoms with Crippen LogP contribution in [0.25, 0.3) is 0 Å². The van der Waals surface area contributed by atoms with Crippen LogP contribution in [0.2, 0.25) is 5.02 Å². The summed E-state index contributed by atoms with van der Waals surface area (Å²) in [4.78, 5) is 0. The van der Waals surface area contributed by atoms with Gasteiger partial charge in [-0.2, -0.15) is 0 Å². The quantitative estimate of drug-likeness (QED) is 0.672. The molecule has 0 aromatic heterocycles. The Morgan fingerprint density at radius 2 is 1.60 bits per heavy atom. The van der Waals surface area contributed by atoms with E-state index in [1.54, 1.807) is 0 Å². The number of ether oxygens (including phenoxy) is 1. The van der Waals surface area contributed by atoms with Crippen LogP contribution in [0.5, 0.6) is 5.75 Å². The standard InChI is InChI=1S/C22H28ClNO/c23-20-10-6-9-19(14-20)17-25-22-13-7-8-18(15-22)16-24-21-11-4-2-1-3-5-12-21/h6-10,13-15,21,24H,1-5,11-12,16-17H2. The van der Waals surface area contributed by atoms with Crippen molar-refractivity contribution < 1.29 is 4.74 Å². The monoisotopic (exact) mass is 357 g/mol. The van der Waals surface area contributed by atoms with Gasteiger partial charge in [-0.1, -0.05) is 68.0 Å². The fourth-order valence-corrected chi connectivity index (χ4v) is 3.67. The number of rotatable bonds is 6. The van der Waals surface area contributed by atoms with E-state index in [2.05, 4.69) is 23.5 Å². The Bertz CT molecular complexity index is 650. The minimum absolute atomic E-state index is 0.542. The van der Waals surface area contributed by atoms with Crippen LogP contribution in [0.4, 0.5) is 0 Å². The Kier molecular flexibility index (Phi) is 7.20. The molecule has 3 rings (SSSR count). The average Bonchev–Trinajstić information content (AvgIpc) is 2.60. The molecule has 2 nitrogen and oxygen atoms in total. The van der Waals surface area contributed by atoms with E-state index in [-0.39, 0.29) is 0 Å². The fraction of sp³-hybridized carbons (Fsp3) is 0.455. The van der Waals surface area contributed by atoms with Crippen LogP contribution in [0.1, 0.15) is 56.1 Å². The van der Waals surface area contributed by atoms with Crippen molar-refractivity contribution in [2.45, 2.75) is 64.1 Å². The Morgan fingerprint density at radius 3 is 2.40 bits per heavy atom. The molecule has 0 spiro atoms. The molecule has 0 unspecified atom stereocenters. The molecule has 1 fully saturated rings. The molecule has 1 aliphatic carbocycles. The second-order valence-corrected chi connectivity index (χ2v) is 7.43. The summed E-state index contributed by atoms with van der Waals surface area (Å²) in [6.45, 7) is 1.46. The molecule has 2 aromatic rings. The van der Waals surface area contributed by atoms with E-state index < -0.39 is 0 Å². The summed E-state index contributed by atoms with van der Waals surface area (Å²) in [7, 11) is 0. The third-order valence-electron chi connectivity index (χ3n) is 4.89. The molecule has 0 aliphatic heterocycles. The summed E-state index contributed by atoms with van der Waals surface area (Å²) in [5, 5.41) is 4.49. The van der Waals surface area contributed by atoms with Gasteiger partial charge in [-0.15, -0.1) is 0 Å². The Hall–Kier alpha value is -1.51. The molecule has 1 saturated carbocycles. The Balaban J connectivity index is 1.50. The molecule has 2 aromatic carbocycles. The first-order valence-corrected chi connectivity index (χ1v) is 9.87. The summed E-state index contributed by atoms with van der Waals surface area (Å²) in [5.74, 6) is 0.914. The van der Waals surface area contributed by atoms with Crippen LogP contribution in [0.15, 0.2) is 48.5 Å². The van der Waals surface area contributed by atoms with E-state index in [4.69, 9.17) is 16.3 Å². The second-order valence-electron chi connectivity index (χ2n) is 6.99. The first-order chi connectivity index (χ1) is 12.3. The lowest BCUT2D eigenvalue weighted by molar-refractivity contribution is 0.305. The predicted molar refractivity (Wildman–Crippen MR) is 105 cm³/mol. The van der Waals surface area contributed by atoms with Crippen LogP contribution in [-0.4, -0.2) is 6.04 Å². The van der Waals surface area contributed by atoms with Crippen LogP contribution >= 0.6 is 11.6 Å². The second kappa shape index (κ2) is 9.84. The van der Waals surface area contributed by atoms with Gasteiger partial charge in [0.05, 0.1) is 0 Å². The molecule has 3 heteroatoms. The maximum atomic E-state index is 6.02. The number of nitrogens with one attached hydrogen (secondary N) is 1. The number of benzene rings is 2. The maximum Gasteiger partial charge on any atom is 0.120 e. The van der Waals surface area contributed by atoms with E-state index in [0.29, 0.717) is 12.6 Å². The first-order valence-electron chi connectivity index (χ1n) is 9.49. The summed E-state index contributed by atoms with van der Waals surface area (Å²) < 4.78 is 5.93. The fourth-order valence-electron chi connectivity index (χ4n) is 3.46. The van der Waals surface area contributed by atoms with E-state index in [1.165, 1.54) is 50.5 Å². The highest BCUT2D eigenvalue weighted by molar-refractivity contribution is 6.30. The Labute approximate surface area is 156 Å². The molecule has 0 radical (unpaired) electrons. The van der Waals surface area contributed by atoms with Crippen molar-refractivity contribution in [1.82, 2.24) is 5.32 Å². The summed E-state index contributed by atoms with van der Waals surface area (Å²) in [6.07, 6.45) is 9.55. The van der Waals surface area contributed by atoms with E-state index >= 15 is 0 Å². The number of hydrogen-bond acceptors (Lipinski definition) is 2. The maximum absolute atomic E-state index is 6.02. The lowest BCUT2D eigenvalue weighted by Gasteiger charge is -2.21. The molecule has 0 heterocycles. The summed E-state index contributed by atoms with van der Waals surface area (Å²) in [5.41, 5.74) is 2.37. The van der Waals surface area contributed by atoms with Gasteiger partial charge in [-0.05, 0) is 48.2 Å². The summed E-state index contributed by atoms with van der Waals surface area (Å²) in [6, 6.07) is 16.9. The molecule has 0 atom stereocenters. The highest BCUT2D eigenvalue weighted by Gasteiger charge is 2.10. The molecule has 0 bridgehead atoms. The summed E-state index contributed by atoms with van der Waals surface area (Å²) >= 11 is 6.02. The minimum atomic E-state index is 0.542. The van der Waals surface area contributed by atoms with Crippen molar-refractivity contribution in [2.75, 3.05) is 0 Å². The van der Waals surface area contributed by atoms with E-state index in [9.17, 15) is 0 Å². The van der Waals surface area contributed by atoms with Gasteiger partial charge in [0, 0.05) is 17.6 Å². The van der Waals surface area contributed by atoms with Crippen LogP contribution in [0, 0.1) is 0 Å². The van der Waals surface area contributed by atoms with Gasteiger partial charge in [-0.3, -0.25) is 0 Å². The predicted octanol–water partition coefficient (Wildman–Crippen LogP) is 6.12. The zero-order valence-electron chi connectivity index (χ0n) is 14.8. The Morgan fingerprint density at radius 1 is 0.880 bits per heavy atom. The van der Waals surface area contributed by atoms with Gasteiger partial charge in [-0.25, -0.2) is 0 Å². The molecule has 0 saturated heterocycles. The van der Waals surface area contributed by atoms with Gasteiger partial charge < -0.3 is 10.1 Å². The van der Waals surface area contributed by atoms with Crippen molar-refractivity contribution >= 4 is 11.6 Å². The first kappa shape index (κ1) is 18.3. The molecule has 1 N–H and O–H groups in total. The highest BCUT2D eigenvalue weighted by atomic mass is 35.5. The SMILES string of the molecule is Clc1cccc(COc2cccc(CNC3CCCCCCC3)c2)c1. The van der Waals surface area contributed by atoms with Gasteiger partial charge in [0.15, 0.2) is 0 Å². The van der Waals surface area contributed by atoms with E-state index in [1.807, 2.05) is 30.3 Å². The van der Waals surface area contributed by atoms with Crippen molar-refractivity contribution in [3.05, 3.63) is 64.7 Å². The molecular formula is C22H28ClNO. The molecule has 134 valence electrons. The smallest absolute Gasteiger partial charge is 0.120 e. The van der Waals surface area contributed by atoms with Crippen LogP contribution in [-0.2, 0) is 13.2 Å². The van der Waals surface area contributed by atoms with Crippen LogP contribution < -0.4 is 10.1 Å². The molecule has 1 aliphatic rings.